The van der Waals surface area contributed by atoms with Gasteiger partial charge < -0.3 is 14.2 Å². The average molecular weight is 563 g/mol. The SMILES string of the molecule is CCCC1=C(C(=O)OCC)[C@H](c2cc(Cl)ccc2OC)n2c(s/c(=C\c3ccc(OC(F)F)cc3)c2=O)=N1. The van der Waals surface area contributed by atoms with E-state index < -0.39 is 18.6 Å². The van der Waals surface area contributed by atoms with Crippen molar-refractivity contribution >= 4 is 35.0 Å². The Morgan fingerprint density at radius 3 is 2.58 bits per heavy atom. The molecule has 200 valence electrons. The van der Waals surface area contributed by atoms with E-state index in [9.17, 15) is 18.4 Å². The van der Waals surface area contributed by atoms with Crippen LogP contribution in [0.1, 0.15) is 43.9 Å². The van der Waals surface area contributed by atoms with Crippen LogP contribution in [0.5, 0.6) is 11.5 Å². The van der Waals surface area contributed by atoms with E-state index in [0.717, 1.165) is 11.3 Å². The minimum Gasteiger partial charge on any atom is -0.496 e. The molecule has 2 aromatic carbocycles. The number of rotatable bonds is 9. The minimum absolute atomic E-state index is 0.00921. The zero-order valence-corrected chi connectivity index (χ0v) is 22.4. The number of hydrogen-bond donors (Lipinski definition) is 0. The Balaban J connectivity index is 1.96. The van der Waals surface area contributed by atoms with Crippen molar-refractivity contribution in [3.05, 3.63) is 89.6 Å². The van der Waals surface area contributed by atoms with Crippen molar-refractivity contribution in [2.45, 2.75) is 39.3 Å². The molecule has 0 radical (unpaired) electrons. The molecule has 0 bridgehead atoms. The van der Waals surface area contributed by atoms with E-state index in [2.05, 4.69) is 4.74 Å². The maximum absolute atomic E-state index is 13.8. The summed E-state index contributed by atoms with van der Waals surface area (Å²) >= 11 is 7.50. The van der Waals surface area contributed by atoms with Crippen molar-refractivity contribution in [2.24, 2.45) is 4.99 Å². The van der Waals surface area contributed by atoms with Gasteiger partial charge in [-0.15, -0.1) is 0 Å². The van der Waals surface area contributed by atoms with E-state index in [1.807, 2.05) is 6.92 Å². The van der Waals surface area contributed by atoms with E-state index in [1.54, 1.807) is 43.3 Å². The molecule has 0 amide bonds. The number of carbonyl (C=O) groups excluding carboxylic acids is 1. The van der Waals surface area contributed by atoms with Gasteiger partial charge in [0.05, 0.1) is 29.5 Å². The molecule has 0 saturated heterocycles. The largest absolute Gasteiger partial charge is 0.496 e. The first-order valence-electron chi connectivity index (χ1n) is 11.9. The normalized spacial score (nSPS) is 15.3. The highest BCUT2D eigenvalue weighted by atomic mass is 35.5. The second-order valence-electron chi connectivity index (χ2n) is 8.25. The van der Waals surface area contributed by atoms with Gasteiger partial charge in [0.1, 0.15) is 17.5 Å². The van der Waals surface area contributed by atoms with Gasteiger partial charge >= 0.3 is 12.6 Å². The van der Waals surface area contributed by atoms with E-state index in [0.29, 0.717) is 49.8 Å². The molecule has 11 heteroatoms. The van der Waals surface area contributed by atoms with Crippen LogP contribution < -0.4 is 24.4 Å². The molecule has 0 unspecified atom stereocenters. The number of ether oxygens (including phenoxy) is 3. The number of fused-ring (bicyclic) bond motifs is 1. The Morgan fingerprint density at radius 1 is 1.21 bits per heavy atom. The third kappa shape index (κ3) is 5.66. The van der Waals surface area contributed by atoms with Crippen LogP contribution in [-0.2, 0) is 9.53 Å². The Morgan fingerprint density at radius 2 is 1.95 bits per heavy atom. The minimum atomic E-state index is -2.93. The maximum atomic E-state index is 13.8. The van der Waals surface area contributed by atoms with Gasteiger partial charge in [-0.25, -0.2) is 9.79 Å². The molecule has 7 nitrogen and oxygen atoms in total. The summed E-state index contributed by atoms with van der Waals surface area (Å²) in [4.78, 5) is 32.2. The number of alkyl halides is 2. The summed E-state index contributed by atoms with van der Waals surface area (Å²) in [6.45, 7) is 0.895. The molecule has 38 heavy (non-hydrogen) atoms. The number of esters is 1. The lowest BCUT2D eigenvalue weighted by atomic mass is 9.93. The lowest BCUT2D eigenvalue weighted by Crippen LogP contribution is -2.40. The van der Waals surface area contributed by atoms with Crippen molar-refractivity contribution in [2.75, 3.05) is 13.7 Å². The standard InChI is InChI=1S/C27H25ClF2N2O5S/c1-4-6-19-22(25(34)36-5-2)23(18-14-16(28)9-12-20(18)35-3)32-24(33)21(38-27(32)31-19)13-15-7-10-17(11-8-15)37-26(29)30/h7-14,23,26H,4-6H2,1-3H3/b21-13-/t23-/m0/s1. The summed E-state index contributed by atoms with van der Waals surface area (Å²) in [7, 11) is 1.50. The van der Waals surface area contributed by atoms with Crippen molar-refractivity contribution in [3.8, 4) is 11.5 Å². The van der Waals surface area contributed by atoms with Gasteiger partial charge in [-0.2, -0.15) is 8.78 Å². The monoisotopic (exact) mass is 562 g/mol. The van der Waals surface area contributed by atoms with Crippen LogP contribution in [0.3, 0.4) is 0 Å². The molecule has 4 rings (SSSR count). The van der Waals surface area contributed by atoms with Crippen molar-refractivity contribution in [1.82, 2.24) is 4.57 Å². The van der Waals surface area contributed by atoms with Gasteiger partial charge in [0.25, 0.3) is 5.56 Å². The fourth-order valence-electron chi connectivity index (χ4n) is 4.23. The highest BCUT2D eigenvalue weighted by Gasteiger charge is 2.36. The molecule has 0 N–H and O–H groups in total. The first kappa shape index (κ1) is 27.5. The topological polar surface area (TPSA) is 79.1 Å². The summed E-state index contributed by atoms with van der Waals surface area (Å²) in [5.41, 5.74) is 1.52. The molecule has 0 fully saturated rings. The zero-order chi connectivity index (χ0) is 27.4. The maximum Gasteiger partial charge on any atom is 0.387 e. The predicted octanol–water partition coefficient (Wildman–Crippen LogP) is 4.84. The molecule has 0 aliphatic carbocycles. The first-order valence-corrected chi connectivity index (χ1v) is 13.1. The third-order valence-corrected chi connectivity index (χ3v) is 7.00. The molecule has 1 aliphatic heterocycles. The van der Waals surface area contributed by atoms with Crippen LogP contribution in [0.15, 0.2) is 63.5 Å². The number of nitrogens with zero attached hydrogens (tertiary/aromatic N) is 2. The summed E-state index contributed by atoms with van der Waals surface area (Å²) in [5, 5.41) is 0.409. The predicted molar refractivity (Wildman–Crippen MR) is 141 cm³/mol. The molecule has 3 aromatic rings. The molecule has 2 heterocycles. The van der Waals surface area contributed by atoms with Crippen molar-refractivity contribution in [3.63, 3.8) is 0 Å². The fourth-order valence-corrected chi connectivity index (χ4v) is 5.43. The lowest BCUT2D eigenvalue weighted by molar-refractivity contribution is -0.139. The first-order chi connectivity index (χ1) is 18.3. The van der Waals surface area contributed by atoms with Crippen LogP contribution in [0.25, 0.3) is 6.08 Å². The number of aromatic nitrogens is 1. The number of benzene rings is 2. The number of carbonyl (C=O) groups is 1. The van der Waals surface area contributed by atoms with Crippen LogP contribution in [0.4, 0.5) is 8.78 Å². The second-order valence-corrected chi connectivity index (χ2v) is 9.69. The molecule has 1 atom stereocenters. The van der Waals surface area contributed by atoms with Crippen LogP contribution in [0, 0.1) is 0 Å². The Hall–Kier alpha value is -3.50. The van der Waals surface area contributed by atoms with E-state index in [-0.39, 0.29) is 23.5 Å². The van der Waals surface area contributed by atoms with Crippen LogP contribution in [-0.4, -0.2) is 30.9 Å². The molecule has 0 saturated carbocycles. The van der Waals surface area contributed by atoms with E-state index >= 15 is 0 Å². The Kier molecular flexibility index (Phi) is 8.63. The summed E-state index contributed by atoms with van der Waals surface area (Å²) in [5.74, 6) is -0.117. The van der Waals surface area contributed by atoms with Gasteiger partial charge in [-0.1, -0.05) is 48.4 Å². The smallest absolute Gasteiger partial charge is 0.387 e. The van der Waals surface area contributed by atoms with E-state index in [4.69, 9.17) is 26.1 Å². The fraction of sp³-hybridized carbons (Fsp3) is 0.296. The van der Waals surface area contributed by atoms with Gasteiger partial charge in [0.15, 0.2) is 4.80 Å². The summed E-state index contributed by atoms with van der Waals surface area (Å²) in [6, 6.07) is 10.1. The Labute approximate surface area is 226 Å². The van der Waals surface area contributed by atoms with Gasteiger partial charge in [-0.05, 0) is 55.3 Å². The van der Waals surface area contributed by atoms with E-state index in [1.165, 1.54) is 23.8 Å². The summed E-state index contributed by atoms with van der Waals surface area (Å²) < 4.78 is 42.2. The number of methoxy groups -OCH3 is 1. The summed E-state index contributed by atoms with van der Waals surface area (Å²) in [6.07, 6.45) is 2.84. The van der Waals surface area contributed by atoms with Crippen LogP contribution >= 0.6 is 22.9 Å². The van der Waals surface area contributed by atoms with Gasteiger partial charge in [-0.3, -0.25) is 9.36 Å². The highest BCUT2D eigenvalue weighted by molar-refractivity contribution is 7.07. The third-order valence-electron chi connectivity index (χ3n) is 5.78. The molecular weight excluding hydrogens is 538 g/mol. The molecule has 1 aromatic heterocycles. The number of hydrogen-bond acceptors (Lipinski definition) is 7. The average Bonchev–Trinajstić information content (AvgIpc) is 3.18. The van der Waals surface area contributed by atoms with Crippen molar-refractivity contribution in [1.29, 1.82) is 0 Å². The van der Waals surface area contributed by atoms with Gasteiger partial charge in [0.2, 0.25) is 0 Å². The molecule has 0 spiro atoms. The second kappa shape index (κ2) is 11.9. The Bertz CT molecular complexity index is 1550. The van der Waals surface area contributed by atoms with Gasteiger partial charge in [0, 0.05) is 10.6 Å². The molecular formula is C27H25ClF2N2O5S. The zero-order valence-electron chi connectivity index (χ0n) is 20.9. The lowest BCUT2D eigenvalue weighted by Gasteiger charge is -2.27. The quantitative estimate of drug-likeness (QED) is 0.349. The molecule has 1 aliphatic rings. The highest BCUT2D eigenvalue weighted by Crippen LogP contribution is 2.38. The van der Waals surface area contributed by atoms with Crippen LogP contribution in [0.2, 0.25) is 5.02 Å². The number of allylic oxidation sites excluding steroid dienone is 1. The number of halogens is 3. The van der Waals surface area contributed by atoms with Crippen molar-refractivity contribution < 1.29 is 27.8 Å². The number of thiazole rings is 1.